The van der Waals surface area contributed by atoms with Crippen molar-refractivity contribution < 1.29 is 24.0 Å². The number of ether oxygens (including phenoxy) is 1. The molecule has 3 rings (SSSR count). The minimum Gasteiger partial charge on any atom is -0.496 e. The van der Waals surface area contributed by atoms with Crippen molar-refractivity contribution in [3.8, 4) is 17.1 Å². The van der Waals surface area contributed by atoms with Gasteiger partial charge in [-0.25, -0.2) is 4.79 Å². The summed E-state index contributed by atoms with van der Waals surface area (Å²) in [7, 11) is 1.47. The van der Waals surface area contributed by atoms with Crippen molar-refractivity contribution in [1.29, 1.82) is 0 Å². The Morgan fingerprint density at radius 2 is 1.93 bits per heavy atom. The first-order valence-corrected chi connectivity index (χ1v) is 7.78. The molecule has 0 radical (unpaired) electrons. The lowest BCUT2D eigenvalue weighted by Crippen LogP contribution is -1.94. The third-order valence-electron chi connectivity index (χ3n) is 3.74. The zero-order valence-electron chi connectivity index (χ0n) is 14.2. The van der Waals surface area contributed by atoms with Gasteiger partial charge in [-0.1, -0.05) is 0 Å². The molecule has 0 spiro atoms. The quantitative estimate of drug-likeness (QED) is 0.395. The lowest BCUT2D eigenvalue weighted by atomic mass is 10.1. The number of rotatable bonds is 6. The van der Waals surface area contributed by atoms with Gasteiger partial charge in [0.25, 0.3) is 5.69 Å². The van der Waals surface area contributed by atoms with Crippen LogP contribution >= 0.6 is 0 Å². The van der Waals surface area contributed by atoms with Crippen LogP contribution in [0.3, 0.4) is 0 Å². The second kappa shape index (κ2) is 7.52. The summed E-state index contributed by atoms with van der Waals surface area (Å²) in [4.78, 5) is 25.6. The summed E-state index contributed by atoms with van der Waals surface area (Å²) < 4.78 is 10.9. The molecule has 0 aliphatic rings. The first-order valence-electron chi connectivity index (χ1n) is 7.78. The molecule has 0 atom stereocenters. The normalized spacial score (nSPS) is 10.9. The highest BCUT2D eigenvalue weighted by Gasteiger charge is 2.15. The van der Waals surface area contributed by atoms with Crippen molar-refractivity contribution in [3.05, 3.63) is 76.0 Å². The molecule has 8 nitrogen and oxygen atoms in total. The van der Waals surface area contributed by atoms with Crippen molar-refractivity contribution in [3.63, 3.8) is 0 Å². The van der Waals surface area contributed by atoms with Gasteiger partial charge in [-0.05, 0) is 42.5 Å². The molecule has 3 aromatic rings. The van der Waals surface area contributed by atoms with Crippen LogP contribution in [0.4, 0.5) is 11.4 Å². The number of hydrogen-bond donors (Lipinski definition) is 1. The van der Waals surface area contributed by atoms with Crippen LogP contribution in [0.5, 0.6) is 5.75 Å². The molecule has 27 heavy (non-hydrogen) atoms. The molecule has 8 heteroatoms. The van der Waals surface area contributed by atoms with Gasteiger partial charge in [0.1, 0.15) is 17.3 Å². The van der Waals surface area contributed by atoms with Crippen molar-refractivity contribution in [2.75, 3.05) is 7.11 Å². The van der Waals surface area contributed by atoms with E-state index in [1.165, 1.54) is 43.7 Å². The van der Waals surface area contributed by atoms with Crippen LogP contribution in [0.1, 0.15) is 16.1 Å². The Kier molecular flexibility index (Phi) is 4.98. The van der Waals surface area contributed by atoms with E-state index >= 15 is 0 Å². The van der Waals surface area contributed by atoms with Gasteiger partial charge in [0.2, 0.25) is 0 Å². The molecule has 0 saturated carbocycles. The molecule has 0 fully saturated rings. The lowest BCUT2D eigenvalue weighted by Gasteiger charge is -2.05. The summed E-state index contributed by atoms with van der Waals surface area (Å²) in [6, 6.07) is 13.6. The highest BCUT2D eigenvalue weighted by molar-refractivity contribution is 5.88. The van der Waals surface area contributed by atoms with Crippen molar-refractivity contribution >= 4 is 23.6 Å². The van der Waals surface area contributed by atoms with E-state index < -0.39 is 10.9 Å². The topological polar surface area (TPSA) is 115 Å². The summed E-state index contributed by atoms with van der Waals surface area (Å²) in [6.45, 7) is 0. The molecule has 1 N–H and O–H groups in total. The highest BCUT2D eigenvalue weighted by Crippen LogP contribution is 2.34. The fourth-order valence-corrected chi connectivity index (χ4v) is 2.40. The maximum atomic E-state index is 11.0. The van der Waals surface area contributed by atoms with E-state index in [1.54, 1.807) is 24.3 Å². The molecule has 0 aliphatic heterocycles. The Bertz CT molecular complexity index is 1020. The monoisotopic (exact) mass is 366 g/mol. The van der Waals surface area contributed by atoms with E-state index in [-0.39, 0.29) is 11.3 Å². The number of non-ortho nitro benzene ring substituents is 1. The first kappa shape index (κ1) is 17.9. The third kappa shape index (κ3) is 4.01. The van der Waals surface area contributed by atoms with Gasteiger partial charge >= 0.3 is 5.97 Å². The van der Waals surface area contributed by atoms with Crippen LogP contribution in [0, 0.1) is 10.1 Å². The molecule has 136 valence electrons. The van der Waals surface area contributed by atoms with E-state index in [9.17, 15) is 14.9 Å². The zero-order valence-corrected chi connectivity index (χ0v) is 14.2. The summed E-state index contributed by atoms with van der Waals surface area (Å²) in [5.41, 5.74) is 1.12. The zero-order chi connectivity index (χ0) is 19.4. The molecule has 1 heterocycles. The van der Waals surface area contributed by atoms with Gasteiger partial charge < -0.3 is 14.3 Å². The number of nitro groups is 1. The number of carboxylic acid groups (broad SMARTS) is 1. The number of hydrogen-bond acceptors (Lipinski definition) is 6. The van der Waals surface area contributed by atoms with E-state index in [0.717, 1.165) is 0 Å². The average Bonchev–Trinajstić information content (AvgIpc) is 3.15. The standard InChI is InChI=1S/C19H14N2O6/c1-26-17-8-6-14(21(24)25)10-16(17)18-9-7-15(27-18)11-20-13-4-2-12(3-5-13)19(22)23/h2-11H,1H3,(H,22,23). The summed E-state index contributed by atoms with van der Waals surface area (Å²) >= 11 is 0. The molecular weight excluding hydrogens is 352 g/mol. The maximum Gasteiger partial charge on any atom is 0.335 e. The van der Waals surface area contributed by atoms with E-state index in [2.05, 4.69) is 4.99 Å². The summed E-state index contributed by atoms with van der Waals surface area (Å²) in [5.74, 6) is 0.272. The SMILES string of the molecule is COc1ccc([N+](=O)[O-])cc1-c1ccc(C=Nc2ccc(C(=O)O)cc2)o1. The minimum atomic E-state index is -1.01. The summed E-state index contributed by atoms with van der Waals surface area (Å²) in [5, 5.41) is 19.9. The third-order valence-corrected chi connectivity index (χ3v) is 3.74. The molecule has 2 aromatic carbocycles. The summed E-state index contributed by atoms with van der Waals surface area (Å²) in [6.07, 6.45) is 1.48. The number of aromatic carboxylic acids is 1. The second-order valence-electron chi connectivity index (χ2n) is 5.45. The van der Waals surface area contributed by atoms with Crippen LogP contribution in [0.25, 0.3) is 11.3 Å². The number of carbonyl (C=O) groups is 1. The van der Waals surface area contributed by atoms with E-state index in [0.29, 0.717) is 28.5 Å². The molecular formula is C19H14N2O6. The van der Waals surface area contributed by atoms with Gasteiger partial charge in [0, 0.05) is 12.1 Å². The fourth-order valence-electron chi connectivity index (χ4n) is 2.40. The predicted octanol–water partition coefficient (Wildman–Crippen LogP) is 4.31. The van der Waals surface area contributed by atoms with Gasteiger partial charge in [-0.2, -0.15) is 0 Å². The van der Waals surface area contributed by atoms with Crippen molar-refractivity contribution in [1.82, 2.24) is 0 Å². The van der Waals surface area contributed by atoms with Gasteiger partial charge in [0.15, 0.2) is 0 Å². The first-order chi connectivity index (χ1) is 13.0. The Labute approximate surface area is 153 Å². The van der Waals surface area contributed by atoms with Crippen LogP contribution in [-0.2, 0) is 0 Å². The maximum absolute atomic E-state index is 11.0. The van der Waals surface area contributed by atoms with Gasteiger partial charge in [0.05, 0.1) is 35.1 Å². The van der Waals surface area contributed by atoms with Crippen LogP contribution < -0.4 is 4.74 Å². The molecule has 0 amide bonds. The molecule has 0 unspecified atom stereocenters. The Balaban J connectivity index is 1.85. The van der Waals surface area contributed by atoms with Crippen LogP contribution in [-0.4, -0.2) is 29.3 Å². The fraction of sp³-hybridized carbons (Fsp3) is 0.0526. The molecule has 0 aliphatic carbocycles. The van der Waals surface area contributed by atoms with Crippen molar-refractivity contribution in [2.24, 2.45) is 4.99 Å². The number of carboxylic acids is 1. The Morgan fingerprint density at radius 3 is 2.56 bits per heavy atom. The highest BCUT2D eigenvalue weighted by atomic mass is 16.6. The number of furan rings is 1. The van der Waals surface area contributed by atoms with Crippen molar-refractivity contribution in [2.45, 2.75) is 0 Å². The van der Waals surface area contributed by atoms with Gasteiger partial charge in [-0.3, -0.25) is 15.1 Å². The number of nitrogens with zero attached hydrogens (tertiary/aromatic N) is 2. The molecule has 1 aromatic heterocycles. The smallest absolute Gasteiger partial charge is 0.335 e. The number of benzene rings is 2. The molecule has 0 bridgehead atoms. The van der Waals surface area contributed by atoms with E-state index in [4.69, 9.17) is 14.3 Å². The van der Waals surface area contributed by atoms with Gasteiger partial charge in [-0.15, -0.1) is 0 Å². The van der Waals surface area contributed by atoms with Crippen LogP contribution in [0.2, 0.25) is 0 Å². The Hall–Kier alpha value is -3.94. The van der Waals surface area contributed by atoms with Crippen LogP contribution in [0.15, 0.2) is 64.0 Å². The lowest BCUT2D eigenvalue weighted by molar-refractivity contribution is -0.384. The number of aliphatic imine (C=N–C) groups is 1. The minimum absolute atomic E-state index is 0.0732. The number of methoxy groups -OCH3 is 1. The van der Waals surface area contributed by atoms with E-state index in [1.807, 2.05) is 0 Å². The average molecular weight is 366 g/mol. The molecule has 0 saturated heterocycles. The predicted molar refractivity (Wildman–Crippen MR) is 98.0 cm³/mol. The number of nitro benzene ring substituents is 1. The Morgan fingerprint density at radius 1 is 1.19 bits per heavy atom. The largest absolute Gasteiger partial charge is 0.496 e. The second-order valence-corrected chi connectivity index (χ2v) is 5.45.